The summed E-state index contributed by atoms with van der Waals surface area (Å²) in [5, 5.41) is 21.2. The van der Waals surface area contributed by atoms with Gasteiger partial charge in [-0.1, -0.05) is 35.9 Å². The summed E-state index contributed by atoms with van der Waals surface area (Å²) in [6.07, 6.45) is 12.4. The third-order valence-electron chi connectivity index (χ3n) is 12.2. The van der Waals surface area contributed by atoms with Crippen LogP contribution in [0.15, 0.2) is 67.3 Å². The van der Waals surface area contributed by atoms with Crippen molar-refractivity contribution in [3.05, 3.63) is 72.3 Å². The first-order valence-electron chi connectivity index (χ1n) is 19.5. The number of carbonyl (C=O) groups excluding carboxylic acids is 3. The van der Waals surface area contributed by atoms with E-state index in [0.717, 1.165) is 65.3 Å². The number of halogens is 1. The Morgan fingerprint density at radius 2 is 1.78 bits per heavy atom. The summed E-state index contributed by atoms with van der Waals surface area (Å²) in [6.45, 7) is 4.58. The fraction of sp³-hybridized carbons (Fsp3) is 0.439. The SMILES string of the molecule is O=C1CCC(n2cc3ccc(N4CCC(O)(CC(=O)N5CCC(N6CC[C@@H](Nc7ncc(Cl)c(-c8c[nH]c9ccccc89)n7)C6)CC5)CC4)cc3c2)C(=O)N1. The van der Waals surface area contributed by atoms with E-state index in [2.05, 4.69) is 54.7 Å². The van der Waals surface area contributed by atoms with Gasteiger partial charge in [-0.15, -0.1) is 0 Å². The molecule has 14 heteroatoms. The molecular formula is C41H46ClN9O4. The number of imide groups is 1. The summed E-state index contributed by atoms with van der Waals surface area (Å²) in [7, 11) is 0. The fourth-order valence-electron chi connectivity index (χ4n) is 9.04. The van der Waals surface area contributed by atoms with Gasteiger partial charge in [0.1, 0.15) is 6.04 Å². The molecule has 286 valence electrons. The van der Waals surface area contributed by atoms with Gasteiger partial charge < -0.3 is 29.8 Å². The number of hydrogen-bond donors (Lipinski definition) is 4. The number of amides is 3. The molecule has 0 bridgehead atoms. The highest BCUT2D eigenvalue weighted by atomic mass is 35.5. The number of nitrogens with zero attached hydrogens (tertiary/aromatic N) is 6. The normalized spacial score (nSPS) is 22.4. The average Bonchev–Trinajstić information content (AvgIpc) is 3.94. The molecule has 0 aliphatic carbocycles. The minimum absolute atomic E-state index is 0.0393. The van der Waals surface area contributed by atoms with Gasteiger partial charge in [-0.2, -0.15) is 0 Å². The zero-order valence-corrected chi connectivity index (χ0v) is 31.5. The van der Waals surface area contributed by atoms with Crippen molar-refractivity contribution >= 4 is 62.6 Å². The van der Waals surface area contributed by atoms with Crippen molar-refractivity contribution in [1.29, 1.82) is 0 Å². The van der Waals surface area contributed by atoms with E-state index in [4.69, 9.17) is 16.6 Å². The van der Waals surface area contributed by atoms with E-state index >= 15 is 0 Å². The van der Waals surface area contributed by atoms with E-state index in [1.807, 2.05) is 46.3 Å². The van der Waals surface area contributed by atoms with E-state index in [1.165, 1.54) is 0 Å². The lowest BCUT2D eigenvalue weighted by Crippen LogP contribution is -2.50. The molecule has 4 aliphatic rings. The van der Waals surface area contributed by atoms with Crippen LogP contribution in [0.25, 0.3) is 32.9 Å². The second kappa shape index (κ2) is 14.6. The lowest BCUT2D eigenvalue weighted by atomic mass is 9.87. The van der Waals surface area contributed by atoms with E-state index in [9.17, 15) is 19.5 Å². The molecular weight excluding hydrogens is 718 g/mol. The first-order chi connectivity index (χ1) is 26.7. The third kappa shape index (κ3) is 7.28. The molecule has 0 spiro atoms. The Balaban J connectivity index is 0.743. The van der Waals surface area contributed by atoms with Crippen molar-refractivity contribution in [2.24, 2.45) is 0 Å². The number of carbonyl (C=O) groups is 3. The lowest BCUT2D eigenvalue weighted by Gasteiger charge is -2.41. The highest BCUT2D eigenvalue weighted by Crippen LogP contribution is 2.35. The zero-order chi connectivity index (χ0) is 37.7. The number of hydrogen-bond acceptors (Lipinski definition) is 9. The van der Waals surface area contributed by atoms with Gasteiger partial charge in [-0.05, 0) is 62.1 Å². The van der Waals surface area contributed by atoms with Crippen LogP contribution >= 0.6 is 11.6 Å². The predicted octanol–water partition coefficient (Wildman–Crippen LogP) is 5.11. The number of aliphatic hydroxyl groups is 1. The largest absolute Gasteiger partial charge is 0.389 e. The molecule has 3 aromatic heterocycles. The molecule has 13 nitrogen and oxygen atoms in total. The number of anilines is 2. The molecule has 2 aromatic carbocycles. The van der Waals surface area contributed by atoms with Crippen LogP contribution in [-0.4, -0.2) is 109 Å². The molecule has 5 aromatic rings. The molecule has 7 heterocycles. The molecule has 3 amide bonds. The number of nitrogens with one attached hydrogen (secondary N) is 3. The van der Waals surface area contributed by atoms with Crippen molar-refractivity contribution in [2.75, 3.05) is 49.5 Å². The smallest absolute Gasteiger partial charge is 0.249 e. The fourth-order valence-corrected chi connectivity index (χ4v) is 9.23. The number of para-hydroxylation sites is 1. The summed E-state index contributed by atoms with van der Waals surface area (Å²) in [5.74, 6) is 0.129. The lowest BCUT2D eigenvalue weighted by molar-refractivity contribution is -0.139. The minimum Gasteiger partial charge on any atom is -0.389 e. The topological polar surface area (TPSA) is 152 Å². The Bertz CT molecular complexity index is 2250. The number of H-pyrrole nitrogens is 1. The van der Waals surface area contributed by atoms with Crippen molar-refractivity contribution in [2.45, 2.75) is 75.1 Å². The van der Waals surface area contributed by atoms with Gasteiger partial charge in [-0.25, -0.2) is 9.97 Å². The Morgan fingerprint density at radius 3 is 2.60 bits per heavy atom. The van der Waals surface area contributed by atoms with Crippen LogP contribution in [0.1, 0.15) is 57.4 Å². The van der Waals surface area contributed by atoms with Gasteiger partial charge >= 0.3 is 0 Å². The first-order valence-corrected chi connectivity index (χ1v) is 19.9. The molecule has 9 rings (SSSR count). The summed E-state index contributed by atoms with van der Waals surface area (Å²) in [5.41, 5.74) is 2.73. The maximum absolute atomic E-state index is 13.5. The number of piperidine rings is 3. The number of rotatable bonds is 8. The zero-order valence-electron chi connectivity index (χ0n) is 30.7. The van der Waals surface area contributed by atoms with Crippen molar-refractivity contribution in [3.8, 4) is 11.3 Å². The van der Waals surface area contributed by atoms with Crippen LogP contribution in [0.2, 0.25) is 5.02 Å². The van der Waals surface area contributed by atoms with Gasteiger partial charge in [0.05, 0.1) is 28.9 Å². The van der Waals surface area contributed by atoms with Crippen LogP contribution in [0, 0.1) is 0 Å². The molecule has 4 fully saturated rings. The van der Waals surface area contributed by atoms with Crippen molar-refractivity contribution in [1.82, 2.24) is 34.6 Å². The molecule has 0 saturated carbocycles. The maximum atomic E-state index is 13.5. The number of fused-ring (bicyclic) bond motifs is 2. The molecule has 1 unspecified atom stereocenters. The predicted molar refractivity (Wildman–Crippen MR) is 212 cm³/mol. The summed E-state index contributed by atoms with van der Waals surface area (Å²) < 4.78 is 1.90. The average molecular weight is 764 g/mol. The van der Waals surface area contributed by atoms with E-state index in [-0.39, 0.29) is 36.2 Å². The quantitative estimate of drug-likeness (QED) is 0.158. The Kier molecular flexibility index (Phi) is 9.47. The molecule has 2 atom stereocenters. The summed E-state index contributed by atoms with van der Waals surface area (Å²) in [4.78, 5) is 56.8. The van der Waals surface area contributed by atoms with E-state index in [0.29, 0.717) is 74.6 Å². The maximum Gasteiger partial charge on any atom is 0.249 e. The van der Waals surface area contributed by atoms with Crippen LogP contribution < -0.4 is 15.5 Å². The van der Waals surface area contributed by atoms with Crippen LogP contribution in [-0.2, 0) is 14.4 Å². The van der Waals surface area contributed by atoms with Crippen LogP contribution in [0.5, 0.6) is 0 Å². The van der Waals surface area contributed by atoms with Gasteiger partial charge in [0.15, 0.2) is 0 Å². The molecule has 55 heavy (non-hydrogen) atoms. The van der Waals surface area contributed by atoms with Gasteiger partial charge in [0, 0.05) is 104 Å². The van der Waals surface area contributed by atoms with Crippen molar-refractivity contribution in [3.63, 3.8) is 0 Å². The molecule has 4 N–H and O–H groups in total. The number of likely N-dealkylation sites (tertiary alicyclic amines) is 2. The third-order valence-corrected chi connectivity index (χ3v) is 12.5. The van der Waals surface area contributed by atoms with Crippen molar-refractivity contribution < 1.29 is 19.5 Å². The second-order valence-electron chi connectivity index (χ2n) is 15.7. The van der Waals surface area contributed by atoms with Gasteiger partial charge in [0.2, 0.25) is 23.7 Å². The minimum atomic E-state index is -1.02. The Labute approximate surface area is 324 Å². The number of aromatic nitrogens is 4. The summed E-state index contributed by atoms with van der Waals surface area (Å²) >= 11 is 6.56. The van der Waals surface area contributed by atoms with Crippen LogP contribution in [0.3, 0.4) is 0 Å². The van der Waals surface area contributed by atoms with Crippen LogP contribution in [0.4, 0.5) is 11.6 Å². The summed E-state index contributed by atoms with van der Waals surface area (Å²) in [6, 6.07) is 14.6. The molecule has 4 saturated heterocycles. The highest BCUT2D eigenvalue weighted by molar-refractivity contribution is 6.33. The molecule has 4 aliphatic heterocycles. The number of benzene rings is 2. The van der Waals surface area contributed by atoms with E-state index < -0.39 is 5.60 Å². The van der Waals surface area contributed by atoms with Gasteiger partial charge in [0.25, 0.3) is 0 Å². The Morgan fingerprint density at radius 1 is 0.982 bits per heavy atom. The first kappa shape index (κ1) is 35.7. The Hall–Kier alpha value is -4.98. The second-order valence-corrected chi connectivity index (χ2v) is 16.2. The number of aromatic amines is 1. The van der Waals surface area contributed by atoms with Gasteiger partial charge in [-0.3, -0.25) is 24.6 Å². The monoisotopic (exact) mass is 763 g/mol. The standard InChI is InChI=1S/C41H46ClN9O4/c42-33-22-44-40(47-38(33)32-21-43-34-4-2-1-3-31(32)34)45-28-9-14-50(25-28)29-10-15-49(16-11-29)37(53)20-41(55)12-17-48(18-13-41)30-6-5-26-23-51(24-27(26)19-30)35-7-8-36(52)46-39(35)54/h1-6,19,21-24,28-29,35,43,55H,7-18,20,25H2,(H,44,45,47)(H,46,52,54)/t28-,35?/m1/s1. The van der Waals surface area contributed by atoms with E-state index in [1.54, 1.807) is 6.20 Å². The molecule has 0 radical (unpaired) electrons. The highest BCUT2D eigenvalue weighted by Gasteiger charge is 2.38.